The van der Waals surface area contributed by atoms with Gasteiger partial charge in [0.1, 0.15) is 0 Å². The highest BCUT2D eigenvalue weighted by molar-refractivity contribution is 14.0. The molecule has 11 heteroatoms. The number of guanidine groups is 1. The van der Waals surface area contributed by atoms with Crippen LogP contribution in [0.5, 0.6) is 0 Å². The normalized spacial score (nSPS) is 14.1. The van der Waals surface area contributed by atoms with Crippen LogP contribution in [0, 0.1) is 0 Å². The van der Waals surface area contributed by atoms with Crippen LogP contribution in [0.25, 0.3) is 0 Å². The van der Waals surface area contributed by atoms with E-state index in [1.54, 1.807) is 23.7 Å². The van der Waals surface area contributed by atoms with Gasteiger partial charge in [0.15, 0.2) is 5.96 Å². The number of amides is 1. The topological polar surface area (TPSA) is 98.6 Å². The van der Waals surface area contributed by atoms with Gasteiger partial charge in [0.05, 0.1) is 5.01 Å². The van der Waals surface area contributed by atoms with Crippen LogP contribution in [0.4, 0.5) is 5.95 Å². The van der Waals surface area contributed by atoms with Crippen LogP contribution in [0.1, 0.15) is 30.2 Å². The van der Waals surface area contributed by atoms with Crippen molar-refractivity contribution < 1.29 is 4.79 Å². The van der Waals surface area contributed by atoms with Crippen molar-refractivity contribution in [1.82, 2.24) is 30.5 Å². The SMILES string of the molecule is CCNC(=NCCc1ncc(CC)s1)NCCC(=O)N1CCN(c2ncccn2)CC1.I. The van der Waals surface area contributed by atoms with Crippen LogP contribution >= 0.6 is 35.3 Å². The molecular formula is C21H33IN8OS. The van der Waals surface area contributed by atoms with Crippen LogP contribution < -0.4 is 15.5 Å². The summed E-state index contributed by atoms with van der Waals surface area (Å²) >= 11 is 1.75. The van der Waals surface area contributed by atoms with Gasteiger partial charge in [-0.25, -0.2) is 15.0 Å². The number of nitrogens with zero attached hydrogens (tertiary/aromatic N) is 6. The molecule has 32 heavy (non-hydrogen) atoms. The number of anilines is 1. The first-order chi connectivity index (χ1) is 15.2. The Morgan fingerprint density at radius 2 is 1.88 bits per heavy atom. The molecule has 1 aliphatic rings. The molecule has 1 amide bonds. The summed E-state index contributed by atoms with van der Waals surface area (Å²) in [6, 6.07) is 1.81. The van der Waals surface area contributed by atoms with Gasteiger partial charge in [0.25, 0.3) is 0 Å². The Morgan fingerprint density at radius 3 is 2.53 bits per heavy atom. The highest BCUT2D eigenvalue weighted by atomic mass is 127. The second kappa shape index (κ2) is 14.2. The van der Waals surface area contributed by atoms with E-state index in [4.69, 9.17) is 0 Å². The fraction of sp³-hybridized carbons (Fsp3) is 0.571. The maximum Gasteiger partial charge on any atom is 0.225 e. The van der Waals surface area contributed by atoms with E-state index in [0.29, 0.717) is 32.6 Å². The molecule has 9 nitrogen and oxygen atoms in total. The smallest absolute Gasteiger partial charge is 0.225 e. The number of aryl methyl sites for hydroxylation is 1. The number of thiazole rings is 1. The van der Waals surface area contributed by atoms with Crippen molar-refractivity contribution in [3.05, 3.63) is 34.5 Å². The number of carbonyl (C=O) groups excluding carboxylic acids is 1. The molecule has 3 heterocycles. The Balaban J connectivity index is 0.00000363. The van der Waals surface area contributed by atoms with E-state index < -0.39 is 0 Å². The third kappa shape index (κ3) is 8.15. The Labute approximate surface area is 211 Å². The van der Waals surface area contributed by atoms with Crippen molar-refractivity contribution in [2.24, 2.45) is 4.99 Å². The molecule has 2 aromatic heterocycles. The molecule has 2 N–H and O–H groups in total. The van der Waals surface area contributed by atoms with Crippen molar-refractivity contribution in [2.45, 2.75) is 33.1 Å². The number of nitrogens with one attached hydrogen (secondary N) is 2. The largest absolute Gasteiger partial charge is 0.357 e. The molecular weight excluding hydrogens is 539 g/mol. The van der Waals surface area contributed by atoms with E-state index in [9.17, 15) is 4.79 Å². The quantitative estimate of drug-likeness (QED) is 0.269. The van der Waals surface area contributed by atoms with E-state index in [1.807, 2.05) is 24.1 Å². The number of hydrogen-bond donors (Lipinski definition) is 2. The maximum absolute atomic E-state index is 12.6. The first kappa shape index (κ1) is 26.2. The van der Waals surface area contributed by atoms with E-state index >= 15 is 0 Å². The molecule has 0 aromatic carbocycles. The Kier molecular flexibility index (Phi) is 11.6. The van der Waals surface area contributed by atoms with Crippen molar-refractivity contribution in [2.75, 3.05) is 50.7 Å². The molecule has 0 aliphatic carbocycles. The molecule has 0 saturated carbocycles. The van der Waals surface area contributed by atoms with Crippen molar-refractivity contribution in [3.63, 3.8) is 0 Å². The van der Waals surface area contributed by atoms with Crippen LogP contribution in [0.15, 0.2) is 29.6 Å². The van der Waals surface area contributed by atoms with Crippen LogP contribution in [-0.2, 0) is 17.6 Å². The lowest BCUT2D eigenvalue weighted by Crippen LogP contribution is -2.50. The number of rotatable bonds is 9. The van der Waals surface area contributed by atoms with Crippen molar-refractivity contribution in [1.29, 1.82) is 0 Å². The lowest BCUT2D eigenvalue weighted by Gasteiger charge is -2.34. The number of carbonyl (C=O) groups is 1. The molecule has 0 atom stereocenters. The number of hydrogen-bond acceptors (Lipinski definition) is 7. The first-order valence-corrected chi connectivity index (χ1v) is 11.8. The highest BCUT2D eigenvalue weighted by Gasteiger charge is 2.22. The number of halogens is 1. The molecule has 1 fully saturated rings. The minimum Gasteiger partial charge on any atom is -0.357 e. The minimum absolute atomic E-state index is 0. The Hall–Kier alpha value is -2.02. The van der Waals surface area contributed by atoms with Gasteiger partial charge in [0.2, 0.25) is 11.9 Å². The summed E-state index contributed by atoms with van der Waals surface area (Å²) in [5.41, 5.74) is 0. The third-order valence-electron chi connectivity index (χ3n) is 4.99. The first-order valence-electron chi connectivity index (χ1n) is 10.9. The monoisotopic (exact) mass is 572 g/mol. The van der Waals surface area contributed by atoms with Gasteiger partial charge >= 0.3 is 0 Å². The summed E-state index contributed by atoms with van der Waals surface area (Å²) < 4.78 is 0. The van der Waals surface area contributed by atoms with Gasteiger partial charge in [-0.2, -0.15) is 0 Å². The molecule has 2 aromatic rings. The summed E-state index contributed by atoms with van der Waals surface area (Å²) in [4.78, 5) is 35.5. The zero-order chi connectivity index (χ0) is 21.9. The summed E-state index contributed by atoms with van der Waals surface area (Å²) in [6.45, 7) is 9.08. The summed E-state index contributed by atoms with van der Waals surface area (Å²) in [5.74, 6) is 1.63. The summed E-state index contributed by atoms with van der Waals surface area (Å²) in [5, 5.41) is 7.63. The maximum atomic E-state index is 12.6. The van der Waals surface area contributed by atoms with Gasteiger partial charge < -0.3 is 20.4 Å². The average Bonchev–Trinajstić information content (AvgIpc) is 3.28. The standard InChI is InChI=1S/C21H32N8OS.HI/c1-3-17-16-27-18(31-17)6-10-23-20(22-4-2)24-11-7-19(30)28-12-14-29(15-13-28)21-25-8-5-9-26-21;/h5,8-9,16H,3-4,6-7,10-15H2,1-2H3,(H2,22,23,24);1H. The van der Waals surface area contributed by atoms with Crippen molar-refractivity contribution in [3.8, 4) is 0 Å². The predicted molar refractivity (Wildman–Crippen MR) is 140 cm³/mol. The molecule has 0 spiro atoms. The minimum atomic E-state index is 0. The number of piperazine rings is 1. The fourth-order valence-corrected chi connectivity index (χ4v) is 4.14. The zero-order valence-corrected chi connectivity index (χ0v) is 21.9. The highest BCUT2D eigenvalue weighted by Crippen LogP contribution is 2.13. The van der Waals surface area contributed by atoms with E-state index in [0.717, 1.165) is 49.4 Å². The zero-order valence-electron chi connectivity index (χ0n) is 18.8. The summed E-state index contributed by atoms with van der Waals surface area (Å²) in [6.07, 6.45) is 7.73. The lowest BCUT2D eigenvalue weighted by atomic mass is 10.3. The number of aromatic nitrogens is 3. The molecule has 176 valence electrons. The average molecular weight is 573 g/mol. The van der Waals surface area contributed by atoms with Crippen LogP contribution in [-0.4, -0.2) is 77.5 Å². The lowest BCUT2D eigenvalue weighted by molar-refractivity contribution is -0.131. The predicted octanol–water partition coefficient (Wildman–Crippen LogP) is 1.95. The van der Waals surface area contributed by atoms with Gasteiger partial charge in [-0.05, 0) is 19.4 Å². The van der Waals surface area contributed by atoms with Crippen molar-refractivity contribution >= 4 is 53.1 Å². The summed E-state index contributed by atoms with van der Waals surface area (Å²) in [7, 11) is 0. The van der Waals surface area contributed by atoms with Gasteiger partial charge in [0, 0.05) is 82.1 Å². The molecule has 0 radical (unpaired) electrons. The van der Waals surface area contributed by atoms with E-state index in [-0.39, 0.29) is 29.9 Å². The fourth-order valence-electron chi connectivity index (χ4n) is 3.29. The second-order valence-electron chi connectivity index (χ2n) is 7.18. The molecule has 0 bridgehead atoms. The Bertz CT molecular complexity index is 839. The van der Waals surface area contributed by atoms with E-state index in [1.165, 1.54) is 4.88 Å². The van der Waals surface area contributed by atoms with Crippen LogP contribution in [0.2, 0.25) is 0 Å². The number of aliphatic imine (C=N–C) groups is 1. The third-order valence-corrected chi connectivity index (χ3v) is 6.19. The van der Waals surface area contributed by atoms with E-state index in [2.05, 4.69) is 42.4 Å². The Morgan fingerprint density at radius 1 is 1.12 bits per heavy atom. The molecule has 0 unspecified atom stereocenters. The van der Waals surface area contributed by atoms with Gasteiger partial charge in [-0.15, -0.1) is 35.3 Å². The van der Waals surface area contributed by atoms with Crippen LogP contribution in [0.3, 0.4) is 0 Å². The van der Waals surface area contributed by atoms with Gasteiger partial charge in [-0.3, -0.25) is 9.79 Å². The molecule has 1 aliphatic heterocycles. The van der Waals surface area contributed by atoms with Gasteiger partial charge in [-0.1, -0.05) is 6.92 Å². The second-order valence-corrected chi connectivity index (χ2v) is 8.38. The molecule has 3 rings (SSSR count). The molecule has 1 saturated heterocycles.